The summed E-state index contributed by atoms with van der Waals surface area (Å²) < 4.78 is 23.0. The molecule has 0 aliphatic carbocycles. The highest BCUT2D eigenvalue weighted by Gasteiger charge is 2.47. The lowest BCUT2D eigenvalue weighted by atomic mass is 9.77. The lowest BCUT2D eigenvalue weighted by Crippen LogP contribution is -2.42. The lowest BCUT2D eigenvalue weighted by molar-refractivity contribution is -0.174. The highest BCUT2D eigenvalue weighted by molar-refractivity contribution is 6.00. The SMILES string of the molecule is CCCCCCCCCC(=O)OCCCCCCN(CCCO)CCCCCCOC(=O)C(CCCCCC)(CCCCCC)C(=O)OCCCCCCN(CCCO)CCCCCCOC(=O)CCCCCCCCC. The third-order valence-corrected chi connectivity index (χ3v) is 15.4. The van der Waals surface area contributed by atoms with Crippen molar-refractivity contribution in [2.24, 2.45) is 5.41 Å². The molecule has 0 aliphatic rings. The second kappa shape index (κ2) is 58.4. The third kappa shape index (κ3) is 47.1. The Bertz CT molecular complexity index is 1210. The van der Waals surface area contributed by atoms with Gasteiger partial charge >= 0.3 is 23.9 Å². The molecular formula is C65H126N2O10. The van der Waals surface area contributed by atoms with Crippen molar-refractivity contribution >= 4 is 23.9 Å². The molecule has 456 valence electrons. The van der Waals surface area contributed by atoms with Crippen LogP contribution in [0.4, 0.5) is 0 Å². The van der Waals surface area contributed by atoms with E-state index in [1.165, 1.54) is 64.2 Å². The van der Waals surface area contributed by atoms with Crippen LogP contribution in [0.25, 0.3) is 0 Å². The molecule has 0 bridgehead atoms. The van der Waals surface area contributed by atoms with Crippen molar-refractivity contribution in [3.63, 3.8) is 0 Å². The van der Waals surface area contributed by atoms with Crippen LogP contribution in [0.3, 0.4) is 0 Å². The molecule has 0 fully saturated rings. The van der Waals surface area contributed by atoms with Crippen LogP contribution in [0.15, 0.2) is 0 Å². The predicted molar refractivity (Wildman–Crippen MR) is 319 cm³/mol. The first kappa shape index (κ1) is 74.7. The number of hydrogen-bond donors (Lipinski definition) is 2. The molecule has 0 amide bonds. The van der Waals surface area contributed by atoms with Crippen LogP contribution < -0.4 is 0 Å². The Hall–Kier alpha value is -2.28. The summed E-state index contributed by atoms with van der Waals surface area (Å²) in [5.41, 5.74) is -1.25. The van der Waals surface area contributed by atoms with Gasteiger partial charge in [0, 0.05) is 39.1 Å². The van der Waals surface area contributed by atoms with Gasteiger partial charge in [-0.2, -0.15) is 0 Å². The van der Waals surface area contributed by atoms with Crippen LogP contribution in [-0.2, 0) is 38.1 Å². The fourth-order valence-electron chi connectivity index (χ4n) is 10.3. The molecular weight excluding hydrogens is 969 g/mol. The van der Waals surface area contributed by atoms with Gasteiger partial charge in [-0.15, -0.1) is 0 Å². The molecule has 0 rings (SSSR count). The summed E-state index contributed by atoms with van der Waals surface area (Å²) in [4.78, 5) is 57.4. The normalized spacial score (nSPS) is 11.7. The summed E-state index contributed by atoms with van der Waals surface area (Å²) in [6.45, 7) is 16.6. The van der Waals surface area contributed by atoms with Crippen molar-refractivity contribution in [2.45, 2.75) is 310 Å². The minimum atomic E-state index is -1.25. The van der Waals surface area contributed by atoms with Crippen molar-refractivity contribution < 1.29 is 48.3 Å². The first-order valence-corrected chi connectivity index (χ1v) is 33.1. The fourth-order valence-corrected chi connectivity index (χ4v) is 10.3. The van der Waals surface area contributed by atoms with Crippen LogP contribution in [0, 0.1) is 5.41 Å². The van der Waals surface area contributed by atoms with Gasteiger partial charge in [0.05, 0.1) is 26.4 Å². The molecule has 0 atom stereocenters. The van der Waals surface area contributed by atoms with Gasteiger partial charge in [-0.25, -0.2) is 0 Å². The van der Waals surface area contributed by atoms with E-state index < -0.39 is 17.4 Å². The zero-order valence-electron chi connectivity index (χ0n) is 51.2. The number of carbonyl (C=O) groups is 4. The molecule has 0 spiro atoms. The zero-order valence-corrected chi connectivity index (χ0v) is 51.2. The molecule has 0 saturated carbocycles. The highest BCUT2D eigenvalue weighted by atomic mass is 16.6. The van der Waals surface area contributed by atoms with E-state index in [0.717, 1.165) is 232 Å². The van der Waals surface area contributed by atoms with Gasteiger partial charge in [-0.05, 0) is 116 Å². The average Bonchev–Trinajstić information content (AvgIpc) is 3.43. The Kier molecular flexibility index (Phi) is 56.6. The molecule has 2 N–H and O–H groups in total. The van der Waals surface area contributed by atoms with Crippen molar-refractivity contribution in [3.8, 4) is 0 Å². The maximum absolute atomic E-state index is 14.1. The zero-order chi connectivity index (χ0) is 56.4. The standard InChI is InChI=1S/C65H126N2O10/c1-5-9-13-17-19-21-31-45-61(70)74-57-39-27-23-35-49-66(53-43-55-68)51-37-25-29-41-59-76-63(72)65(47-33-15-11-7-3,48-34-16-12-8-4)64(73)77-60-42-30-26-38-52-67(54-44-56-69)50-36-24-28-40-58-75-62(71)46-32-22-20-18-14-10-6-2/h68-69H,5-60H2,1-4H3. The monoisotopic (exact) mass is 1090 g/mol. The van der Waals surface area contributed by atoms with Gasteiger partial charge in [0.2, 0.25) is 0 Å². The number of rotatable bonds is 62. The molecule has 0 aromatic carbocycles. The van der Waals surface area contributed by atoms with Gasteiger partial charge in [0.1, 0.15) is 0 Å². The number of aliphatic hydroxyl groups is 2. The van der Waals surface area contributed by atoms with E-state index in [9.17, 15) is 29.4 Å². The summed E-state index contributed by atoms with van der Waals surface area (Å²) in [5, 5.41) is 19.1. The van der Waals surface area contributed by atoms with Crippen LogP contribution in [0.5, 0.6) is 0 Å². The summed E-state index contributed by atoms with van der Waals surface area (Å²) in [6, 6.07) is 0. The third-order valence-electron chi connectivity index (χ3n) is 15.4. The van der Waals surface area contributed by atoms with Crippen molar-refractivity contribution in [1.29, 1.82) is 0 Å². The van der Waals surface area contributed by atoms with E-state index in [1.807, 2.05) is 0 Å². The quantitative estimate of drug-likeness (QED) is 0.0258. The number of carbonyl (C=O) groups excluding carboxylic acids is 4. The highest BCUT2D eigenvalue weighted by Crippen LogP contribution is 2.36. The molecule has 12 heteroatoms. The number of ether oxygens (including phenoxy) is 4. The predicted octanol–water partition coefficient (Wildman–Crippen LogP) is 16.0. The number of hydrogen-bond acceptors (Lipinski definition) is 12. The van der Waals surface area contributed by atoms with E-state index in [0.29, 0.717) is 52.1 Å². The van der Waals surface area contributed by atoms with Crippen LogP contribution >= 0.6 is 0 Å². The number of nitrogens with zero attached hydrogens (tertiary/aromatic N) is 2. The molecule has 0 aromatic heterocycles. The topological polar surface area (TPSA) is 152 Å². The molecule has 77 heavy (non-hydrogen) atoms. The van der Waals surface area contributed by atoms with Crippen molar-refractivity contribution in [1.82, 2.24) is 9.80 Å². The van der Waals surface area contributed by atoms with Gasteiger partial charge in [0.25, 0.3) is 0 Å². The Balaban J connectivity index is 4.82. The van der Waals surface area contributed by atoms with E-state index >= 15 is 0 Å². The Labute approximate surface area is 474 Å². The summed E-state index contributed by atoms with van der Waals surface area (Å²) in [7, 11) is 0. The smallest absolute Gasteiger partial charge is 0.323 e. The Morgan fingerprint density at radius 1 is 0.299 bits per heavy atom. The van der Waals surface area contributed by atoms with Gasteiger partial charge in [0.15, 0.2) is 5.41 Å². The van der Waals surface area contributed by atoms with Gasteiger partial charge in [-0.3, -0.25) is 19.2 Å². The second-order valence-electron chi connectivity index (χ2n) is 22.7. The first-order valence-electron chi connectivity index (χ1n) is 33.1. The summed E-state index contributed by atoms with van der Waals surface area (Å²) in [5.74, 6) is -0.901. The Morgan fingerprint density at radius 2 is 0.545 bits per heavy atom. The van der Waals surface area contributed by atoms with Gasteiger partial charge in [-0.1, -0.05) is 207 Å². The van der Waals surface area contributed by atoms with Crippen LogP contribution in [0.2, 0.25) is 0 Å². The van der Waals surface area contributed by atoms with E-state index in [-0.39, 0.29) is 25.2 Å². The molecule has 0 radical (unpaired) electrons. The minimum absolute atomic E-state index is 0.0549. The minimum Gasteiger partial charge on any atom is -0.466 e. The average molecular weight is 1100 g/mol. The number of esters is 4. The first-order chi connectivity index (χ1) is 37.7. The molecule has 0 unspecified atom stereocenters. The van der Waals surface area contributed by atoms with Crippen LogP contribution in [-0.4, -0.2) is 123 Å². The molecule has 0 aliphatic heterocycles. The molecule has 0 aromatic rings. The molecule has 0 saturated heterocycles. The summed E-state index contributed by atoms with van der Waals surface area (Å²) in [6.07, 6.45) is 44.0. The maximum atomic E-state index is 14.1. The van der Waals surface area contributed by atoms with Crippen molar-refractivity contribution in [2.75, 3.05) is 78.9 Å². The lowest BCUT2D eigenvalue weighted by Gasteiger charge is -2.30. The number of aliphatic hydroxyl groups excluding tert-OH is 2. The fraction of sp³-hybridized carbons (Fsp3) is 0.938. The molecule has 0 heterocycles. The van der Waals surface area contributed by atoms with E-state index in [2.05, 4.69) is 37.5 Å². The van der Waals surface area contributed by atoms with Crippen molar-refractivity contribution in [3.05, 3.63) is 0 Å². The van der Waals surface area contributed by atoms with Gasteiger partial charge < -0.3 is 39.0 Å². The van der Waals surface area contributed by atoms with Crippen LogP contribution in [0.1, 0.15) is 310 Å². The summed E-state index contributed by atoms with van der Waals surface area (Å²) >= 11 is 0. The second-order valence-corrected chi connectivity index (χ2v) is 22.7. The maximum Gasteiger partial charge on any atom is 0.323 e. The van der Waals surface area contributed by atoms with E-state index in [1.54, 1.807) is 0 Å². The molecule has 12 nitrogen and oxygen atoms in total. The Morgan fingerprint density at radius 3 is 0.857 bits per heavy atom. The van der Waals surface area contributed by atoms with E-state index in [4.69, 9.17) is 18.9 Å². The largest absolute Gasteiger partial charge is 0.466 e. The number of unbranched alkanes of at least 4 members (excludes halogenated alkanes) is 30.